The summed E-state index contributed by atoms with van der Waals surface area (Å²) in [5.41, 5.74) is 8.42. The number of nitrogens with zero attached hydrogens (tertiary/aromatic N) is 2. The van der Waals surface area contributed by atoms with Crippen LogP contribution in [0.5, 0.6) is 5.75 Å². The van der Waals surface area contributed by atoms with E-state index in [1.165, 1.54) is 5.69 Å². The second-order valence-corrected chi connectivity index (χ2v) is 8.13. The van der Waals surface area contributed by atoms with Crippen molar-refractivity contribution in [1.82, 2.24) is 15.5 Å². The largest absolute Gasteiger partial charge is 0.495 e. The van der Waals surface area contributed by atoms with Crippen LogP contribution in [0.1, 0.15) is 23.2 Å². The molecule has 2 aromatic rings. The minimum Gasteiger partial charge on any atom is -0.495 e. The molecule has 4 N–H and O–H groups in total. The molecular weight excluding hydrogens is 378 g/mol. The number of para-hydroxylation sites is 1. The summed E-state index contributed by atoms with van der Waals surface area (Å²) < 4.78 is 5.14. The Kier molecular flexibility index (Phi) is 6.11. The molecule has 1 spiro atoms. The third-order valence-corrected chi connectivity index (χ3v) is 6.36. The zero-order valence-electron chi connectivity index (χ0n) is 17.6. The van der Waals surface area contributed by atoms with Gasteiger partial charge >= 0.3 is 0 Å². The fourth-order valence-corrected chi connectivity index (χ4v) is 4.58. The normalized spacial score (nSPS) is 18.5. The van der Waals surface area contributed by atoms with Gasteiger partial charge in [0.05, 0.1) is 25.0 Å². The van der Waals surface area contributed by atoms with Crippen molar-refractivity contribution in [2.45, 2.75) is 18.4 Å². The Labute approximate surface area is 178 Å². The Morgan fingerprint density at radius 2 is 1.97 bits per heavy atom. The average Bonchev–Trinajstić information content (AvgIpc) is 3.18. The van der Waals surface area contributed by atoms with Gasteiger partial charge in [-0.15, -0.1) is 0 Å². The number of nitrogens with two attached hydrogens (primary N) is 1. The fourth-order valence-electron chi connectivity index (χ4n) is 4.58. The lowest BCUT2D eigenvalue weighted by Crippen LogP contribution is -2.54. The number of benzene rings is 2. The van der Waals surface area contributed by atoms with Crippen LogP contribution in [0.15, 0.2) is 48.5 Å². The molecule has 30 heavy (non-hydrogen) atoms. The molecule has 2 aromatic carbocycles. The number of anilines is 2. The van der Waals surface area contributed by atoms with Gasteiger partial charge in [0.15, 0.2) is 0 Å². The van der Waals surface area contributed by atoms with E-state index < -0.39 is 0 Å². The van der Waals surface area contributed by atoms with Gasteiger partial charge in [0.2, 0.25) is 0 Å². The molecular formula is C23H31N5O2. The standard InChI is InChI=1S/C23H31N5O2/c1-30-21-8-7-18(15-20(21)24)22(29)26-11-14-27-12-9-23(10-13-27)16-25-17-28(23)19-5-3-2-4-6-19/h2-8,15,25H,9-14,16-17,24H2,1H3,(H,26,29). The predicted molar refractivity (Wildman–Crippen MR) is 120 cm³/mol. The number of likely N-dealkylation sites (tertiary alicyclic amines) is 1. The van der Waals surface area contributed by atoms with Crippen molar-refractivity contribution >= 4 is 17.3 Å². The van der Waals surface area contributed by atoms with Gasteiger partial charge in [-0.05, 0) is 43.2 Å². The first-order chi connectivity index (χ1) is 14.6. The molecule has 2 aliphatic rings. The third-order valence-electron chi connectivity index (χ3n) is 6.36. The van der Waals surface area contributed by atoms with E-state index >= 15 is 0 Å². The van der Waals surface area contributed by atoms with Crippen molar-refractivity contribution in [2.24, 2.45) is 0 Å². The van der Waals surface area contributed by atoms with Crippen molar-refractivity contribution in [2.75, 3.05) is 57.1 Å². The number of nitrogen functional groups attached to an aromatic ring is 1. The molecule has 4 rings (SSSR count). The molecule has 0 unspecified atom stereocenters. The smallest absolute Gasteiger partial charge is 0.251 e. The number of carbonyl (C=O) groups excluding carboxylic acids is 1. The van der Waals surface area contributed by atoms with Crippen LogP contribution in [0, 0.1) is 0 Å². The zero-order valence-corrected chi connectivity index (χ0v) is 17.6. The molecule has 2 aliphatic heterocycles. The summed E-state index contributed by atoms with van der Waals surface area (Å²) in [6, 6.07) is 15.8. The molecule has 0 aliphatic carbocycles. The highest BCUT2D eigenvalue weighted by atomic mass is 16.5. The number of carbonyl (C=O) groups is 1. The molecule has 0 bridgehead atoms. The Hall–Kier alpha value is -2.77. The second kappa shape index (κ2) is 8.93. The second-order valence-electron chi connectivity index (χ2n) is 8.13. The summed E-state index contributed by atoms with van der Waals surface area (Å²) in [4.78, 5) is 17.4. The van der Waals surface area contributed by atoms with Gasteiger partial charge in [0, 0.05) is 44.0 Å². The summed E-state index contributed by atoms with van der Waals surface area (Å²) >= 11 is 0. The van der Waals surface area contributed by atoms with Gasteiger partial charge < -0.3 is 25.6 Å². The van der Waals surface area contributed by atoms with Gasteiger partial charge in [0.1, 0.15) is 5.75 Å². The summed E-state index contributed by atoms with van der Waals surface area (Å²) in [5.74, 6) is 0.479. The number of rotatable bonds is 6. The van der Waals surface area contributed by atoms with Gasteiger partial charge in [-0.1, -0.05) is 18.2 Å². The van der Waals surface area contributed by atoms with Crippen LogP contribution < -0.4 is 26.0 Å². The molecule has 160 valence electrons. The van der Waals surface area contributed by atoms with E-state index in [4.69, 9.17) is 10.5 Å². The number of hydrogen-bond donors (Lipinski definition) is 3. The zero-order chi connectivity index (χ0) is 21.0. The van der Waals surface area contributed by atoms with Crippen molar-refractivity contribution in [3.8, 4) is 5.75 Å². The van der Waals surface area contributed by atoms with Crippen LogP contribution >= 0.6 is 0 Å². The lowest BCUT2D eigenvalue weighted by atomic mass is 9.86. The Morgan fingerprint density at radius 1 is 1.20 bits per heavy atom. The minimum atomic E-state index is -0.104. The Morgan fingerprint density at radius 3 is 2.67 bits per heavy atom. The number of ether oxygens (including phenoxy) is 1. The predicted octanol–water partition coefficient (Wildman–Crippen LogP) is 1.91. The maximum Gasteiger partial charge on any atom is 0.251 e. The van der Waals surface area contributed by atoms with Gasteiger partial charge in [-0.25, -0.2) is 0 Å². The summed E-state index contributed by atoms with van der Waals surface area (Å²) in [5, 5.41) is 6.57. The Balaban J connectivity index is 1.26. The first-order valence-corrected chi connectivity index (χ1v) is 10.6. The lowest BCUT2D eigenvalue weighted by Gasteiger charge is -2.45. The minimum absolute atomic E-state index is 0.104. The highest BCUT2D eigenvalue weighted by molar-refractivity contribution is 5.95. The monoisotopic (exact) mass is 409 g/mol. The highest BCUT2D eigenvalue weighted by Crippen LogP contribution is 2.35. The fraction of sp³-hybridized carbons (Fsp3) is 0.435. The quantitative estimate of drug-likeness (QED) is 0.633. The SMILES string of the molecule is COc1ccc(C(=O)NCCN2CCC3(CC2)CNCN3c2ccccc2)cc1N. The van der Waals surface area contributed by atoms with Crippen LogP contribution in [0.25, 0.3) is 0 Å². The van der Waals surface area contributed by atoms with E-state index in [-0.39, 0.29) is 11.4 Å². The molecule has 7 nitrogen and oxygen atoms in total. The molecule has 0 atom stereocenters. The van der Waals surface area contributed by atoms with Crippen molar-refractivity contribution in [1.29, 1.82) is 0 Å². The molecule has 0 aromatic heterocycles. The number of nitrogens with one attached hydrogen (secondary N) is 2. The van der Waals surface area contributed by atoms with E-state index in [1.807, 2.05) is 0 Å². The number of methoxy groups -OCH3 is 1. The molecule has 2 saturated heterocycles. The highest BCUT2D eigenvalue weighted by Gasteiger charge is 2.43. The average molecular weight is 410 g/mol. The maximum atomic E-state index is 12.4. The van der Waals surface area contributed by atoms with Crippen molar-refractivity contribution < 1.29 is 9.53 Å². The number of piperidine rings is 1. The van der Waals surface area contributed by atoms with E-state index in [9.17, 15) is 4.79 Å². The molecule has 0 saturated carbocycles. The van der Waals surface area contributed by atoms with Crippen molar-refractivity contribution in [3.05, 3.63) is 54.1 Å². The van der Waals surface area contributed by atoms with Gasteiger partial charge in [0.25, 0.3) is 5.91 Å². The van der Waals surface area contributed by atoms with E-state index in [0.29, 0.717) is 23.5 Å². The molecule has 1 amide bonds. The van der Waals surface area contributed by atoms with E-state index in [2.05, 4.69) is 50.8 Å². The van der Waals surface area contributed by atoms with Crippen LogP contribution in [-0.2, 0) is 0 Å². The topological polar surface area (TPSA) is 82.9 Å². The van der Waals surface area contributed by atoms with Crippen LogP contribution in [-0.4, -0.2) is 62.8 Å². The molecule has 7 heteroatoms. The third kappa shape index (κ3) is 4.22. The summed E-state index contributed by atoms with van der Waals surface area (Å²) in [6.45, 7) is 5.49. The number of hydrogen-bond acceptors (Lipinski definition) is 6. The lowest BCUT2D eigenvalue weighted by molar-refractivity contribution is 0.0942. The first kappa shape index (κ1) is 20.5. The van der Waals surface area contributed by atoms with E-state index in [1.54, 1.807) is 25.3 Å². The van der Waals surface area contributed by atoms with E-state index in [0.717, 1.165) is 45.7 Å². The Bertz CT molecular complexity index is 865. The summed E-state index contributed by atoms with van der Waals surface area (Å²) in [6.07, 6.45) is 2.25. The molecule has 2 heterocycles. The first-order valence-electron chi connectivity index (χ1n) is 10.6. The van der Waals surface area contributed by atoms with Gasteiger partial charge in [-0.3, -0.25) is 10.1 Å². The molecule has 0 radical (unpaired) electrons. The van der Waals surface area contributed by atoms with Crippen LogP contribution in [0.4, 0.5) is 11.4 Å². The van der Waals surface area contributed by atoms with Crippen LogP contribution in [0.2, 0.25) is 0 Å². The van der Waals surface area contributed by atoms with Gasteiger partial charge in [-0.2, -0.15) is 0 Å². The number of amides is 1. The van der Waals surface area contributed by atoms with Crippen molar-refractivity contribution in [3.63, 3.8) is 0 Å². The maximum absolute atomic E-state index is 12.4. The molecule has 2 fully saturated rings. The van der Waals surface area contributed by atoms with Crippen LogP contribution in [0.3, 0.4) is 0 Å². The summed E-state index contributed by atoms with van der Waals surface area (Å²) in [7, 11) is 1.56.